The van der Waals surface area contributed by atoms with E-state index in [9.17, 15) is 9.90 Å². The second-order valence-corrected chi connectivity index (χ2v) is 3.94. The first kappa shape index (κ1) is 10.5. The van der Waals surface area contributed by atoms with Crippen molar-refractivity contribution in [3.8, 4) is 16.9 Å². The number of hydrogen-bond acceptors (Lipinski definition) is 3. The molecular formula is C14H10N2O2. The second kappa shape index (κ2) is 4.00. The number of aromatic amines is 1. The van der Waals surface area contributed by atoms with Crippen molar-refractivity contribution in [1.82, 2.24) is 9.97 Å². The first-order valence-corrected chi connectivity index (χ1v) is 5.53. The summed E-state index contributed by atoms with van der Waals surface area (Å²) in [4.78, 5) is 18.8. The topological polar surface area (TPSA) is 66.0 Å². The number of rotatable bonds is 1. The molecule has 4 heteroatoms. The number of nitrogens with one attached hydrogen (secondary N) is 1. The van der Waals surface area contributed by atoms with Crippen LogP contribution in [0.1, 0.15) is 0 Å². The zero-order chi connectivity index (χ0) is 12.5. The van der Waals surface area contributed by atoms with Gasteiger partial charge in [-0.05, 0) is 17.7 Å². The van der Waals surface area contributed by atoms with Crippen molar-refractivity contribution in [2.75, 3.05) is 0 Å². The molecule has 0 fully saturated rings. The smallest absolute Gasteiger partial charge is 0.260 e. The lowest BCUT2D eigenvalue weighted by Gasteiger charge is -2.06. The molecule has 0 aliphatic rings. The molecule has 0 bridgehead atoms. The first-order valence-electron chi connectivity index (χ1n) is 5.53. The van der Waals surface area contributed by atoms with Gasteiger partial charge in [-0.1, -0.05) is 30.3 Å². The highest BCUT2D eigenvalue weighted by Gasteiger charge is 2.13. The number of H-pyrrole nitrogens is 1. The van der Waals surface area contributed by atoms with Gasteiger partial charge in [-0.15, -0.1) is 0 Å². The lowest BCUT2D eigenvalue weighted by Crippen LogP contribution is -2.09. The molecule has 0 unspecified atom stereocenters. The maximum absolute atomic E-state index is 12.0. The lowest BCUT2D eigenvalue weighted by molar-refractivity contribution is 0.481. The summed E-state index contributed by atoms with van der Waals surface area (Å²) in [5.74, 6) is -0.0828. The van der Waals surface area contributed by atoms with Crippen LogP contribution in [-0.4, -0.2) is 15.1 Å². The van der Waals surface area contributed by atoms with Crippen LogP contribution in [0.2, 0.25) is 0 Å². The van der Waals surface area contributed by atoms with Gasteiger partial charge in [0.05, 0.1) is 11.1 Å². The summed E-state index contributed by atoms with van der Waals surface area (Å²) < 4.78 is 0. The number of aromatic nitrogens is 2. The quantitative estimate of drug-likeness (QED) is 0.683. The van der Waals surface area contributed by atoms with Gasteiger partial charge in [0.15, 0.2) is 5.75 Å². The normalized spacial score (nSPS) is 10.7. The van der Waals surface area contributed by atoms with Gasteiger partial charge in [0.25, 0.3) is 5.56 Å². The highest BCUT2D eigenvalue weighted by molar-refractivity contribution is 5.88. The van der Waals surface area contributed by atoms with E-state index in [0.29, 0.717) is 16.6 Å². The molecule has 0 atom stereocenters. The molecule has 0 radical (unpaired) electrons. The summed E-state index contributed by atoms with van der Waals surface area (Å²) in [6, 6.07) is 12.5. The molecule has 1 aromatic carbocycles. The Labute approximate surface area is 103 Å². The average Bonchev–Trinajstić information content (AvgIpc) is 2.40. The molecule has 3 aromatic rings. The van der Waals surface area contributed by atoms with Crippen LogP contribution in [0, 0.1) is 0 Å². The van der Waals surface area contributed by atoms with Crippen LogP contribution < -0.4 is 5.56 Å². The standard InChI is InChI=1S/C14H10N2O2/c17-13-11(9-5-2-1-3-6-9)14(18)16-10-7-4-8-15-12(10)13/h1-8H,(H2,16,17,18). The Bertz CT molecular complexity index is 764. The number of aromatic hydroxyl groups is 1. The fourth-order valence-corrected chi connectivity index (χ4v) is 1.98. The van der Waals surface area contributed by atoms with Crippen LogP contribution in [0.25, 0.3) is 22.2 Å². The Hall–Kier alpha value is -2.62. The largest absolute Gasteiger partial charge is 0.505 e. The van der Waals surface area contributed by atoms with E-state index in [2.05, 4.69) is 9.97 Å². The molecule has 0 aliphatic heterocycles. The van der Waals surface area contributed by atoms with Gasteiger partial charge in [-0.2, -0.15) is 0 Å². The second-order valence-electron chi connectivity index (χ2n) is 3.94. The molecular weight excluding hydrogens is 228 g/mol. The van der Waals surface area contributed by atoms with E-state index in [4.69, 9.17) is 0 Å². The van der Waals surface area contributed by atoms with Crippen LogP contribution in [0.3, 0.4) is 0 Å². The maximum atomic E-state index is 12.0. The Kier molecular flexibility index (Phi) is 2.34. The third-order valence-corrected chi connectivity index (χ3v) is 2.81. The number of nitrogens with zero attached hydrogens (tertiary/aromatic N) is 1. The van der Waals surface area contributed by atoms with Gasteiger partial charge in [0, 0.05) is 6.20 Å². The molecule has 2 N–H and O–H groups in total. The van der Waals surface area contributed by atoms with Crippen LogP contribution in [0.15, 0.2) is 53.5 Å². The molecule has 2 heterocycles. The summed E-state index contributed by atoms with van der Waals surface area (Å²) in [6.07, 6.45) is 1.58. The zero-order valence-electron chi connectivity index (χ0n) is 9.42. The summed E-state index contributed by atoms with van der Waals surface area (Å²) >= 11 is 0. The number of fused-ring (bicyclic) bond motifs is 1. The molecule has 0 saturated carbocycles. The lowest BCUT2D eigenvalue weighted by atomic mass is 10.1. The molecule has 0 saturated heterocycles. The van der Waals surface area contributed by atoms with Gasteiger partial charge < -0.3 is 10.1 Å². The van der Waals surface area contributed by atoms with Crippen molar-refractivity contribution < 1.29 is 5.11 Å². The van der Waals surface area contributed by atoms with E-state index < -0.39 is 0 Å². The molecule has 4 nitrogen and oxygen atoms in total. The Balaban J connectivity index is 2.41. The molecule has 0 spiro atoms. The molecule has 0 amide bonds. The highest BCUT2D eigenvalue weighted by atomic mass is 16.3. The third-order valence-electron chi connectivity index (χ3n) is 2.81. The first-order chi connectivity index (χ1) is 8.77. The van der Waals surface area contributed by atoms with Gasteiger partial charge in [0.1, 0.15) is 5.52 Å². The van der Waals surface area contributed by atoms with E-state index in [-0.39, 0.29) is 16.9 Å². The summed E-state index contributed by atoms with van der Waals surface area (Å²) in [5, 5.41) is 10.2. The van der Waals surface area contributed by atoms with Crippen molar-refractivity contribution in [2.45, 2.75) is 0 Å². The van der Waals surface area contributed by atoms with Crippen LogP contribution >= 0.6 is 0 Å². The third kappa shape index (κ3) is 1.55. The van der Waals surface area contributed by atoms with Crippen molar-refractivity contribution >= 4 is 11.0 Å². The summed E-state index contributed by atoms with van der Waals surface area (Å²) in [6.45, 7) is 0. The SMILES string of the molecule is O=c1[nH]c2cccnc2c(O)c1-c1ccccc1. The number of hydrogen-bond donors (Lipinski definition) is 2. The minimum atomic E-state index is -0.320. The monoisotopic (exact) mass is 238 g/mol. The molecule has 0 aliphatic carbocycles. The van der Waals surface area contributed by atoms with E-state index >= 15 is 0 Å². The van der Waals surface area contributed by atoms with Crippen molar-refractivity contribution in [2.24, 2.45) is 0 Å². The van der Waals surface area contributed by atoms with E-state index in [1.54, 1.807) is 30.5 Å². The minimum Gasteiger partial charge on any atom is -0.505 e. The maximum Gasteiger partial charge on any atom is 0.260 e. The molecule has 2 aromatic heterocycles. The zero-order valence-corrected chi connectivity index (χ0v) is 9.42. The number of pyridine rings is 2. The van der Waals surface area contributed by atoms with Crippen LogP contribution in [0.5, 0.6) is 5.75 Å². The molecule has 3 rings (SSSR count). The van der Waals surface area contributed by atoms with Crippen molar-refractivity contribution in [1.29, 1.82) is 0 Å². The predicted molar refractivity (Wildman–Crippen MR) is 69.5 cm³/mol. The van der Waals surface area contributed by atoms with Crippen LogP contribution in [0.4, 0.5) is 0 Å². The molecule has 18 heavy (non-hydrogen) atoms. The Morgan fingerprint density at radius 2 is 1.83 bits per heavy atom. The Morgan fingerprint density at radius 3 is 2.61 bits per heavy atom. The highest BCUT2D eigenvalue weighted by Crippen LogP contribution is 2.29. The van der Waals surface area contributed by atoms with Crippen molar-refractivity contribution in [3.63, 3.8) is 0 Å². The predicted octanol–water partition coefficient (Wildman–Crippen LogP) is 2.30. The van der Waals surface area contributed by atoms with E-state index in [0.717, 1.165) is 0 Å². The Morgan fingerprint density at radius 1 is 1.06 bits per heavy atom. The average molecular weight is 238 g/mol. The fourth-order valence-electron chi connectivity index (χ4n) is 1.98. The summed E-state index contributed by atoms with van der Waals surface area (Å²) in [7, 11) is 0. The van der Waals surface area contributed by atoms with Crippen LogP contribution in [-0.2, 0) is 0 Å². The van der Waals surface area contributed by atoms with Gasteiger partial charge in [-0.3, -0.25) is 9.78 Å². The van der Waals surface area contributed by atoms with E-state index in [1.807, 2.05) is 18.2 Å². The number of benzene rings is 1. The van der Waals surface area contributed by atoms with Gasteiger partial charge in [-0.25, -0.2) is 0 Å². The van der Waals surface area contributed by atoms with E-state index in [1.165, 1.54) is 0 Å². The fraction of sp³-hybridized carbons (Fsp3) is 0. The van der Waals surface area contributed by atoms with Gasteiger partial charge >= 0.3 is 0 Å². The molecule has 88 valence electrons. The summed E-state index contributed by atoms with van der Waals surface area (Å²) in [5.41, 5.74) is 1.53. The minimum absolute atomic E-state index is 0.0828. The van der Waals surface area contributed by atoms with Gasteiger partial charge in [0.2, 0.25) is 0 Å². The van der Waals surface area contributed by atoms with Crippen molar-refractivity contribution in [3.05, 3.63) is 59.0 Å².